The van der Waals surface area contributed by atoms with Gasteiger partial charge < -0.3 is 0 Å². The first kappa shape index (κ1) is 14.4. The predicted octanol–water partition coefficient (Wildman–Crippen LogP) is 4.42. The van der Waals surface area contributed by atoms with Crippen LogP contribution in [-0.4, -0.2) is 11.1 Å². The molecule has 0 atom stereocenters. The molecule has 0 aliphatic rings. The van der Waals surface area contributed by atoms with E-state index in [2.05, 4.69) is 0 Å². The lowest BCUT2D eigenvalue weighted by atomic mass is 10.1. The Labute approximate surface area is 102 Å². The van der Waals surface area contributed by atoms with Crippen LogP contribution >= 0.6 is 11.6 Å². The molecule has 0 unspecified atom stereocenters. The third-order valence-electron chi connectivity index (χ3n) is 1.84. The molecule has 1 aromatic rings. The SMILES string of the molecule is O=[N+]([O-])c1ccc(C(F)=C(F)C(F)(F)F)c(Cl)c1. The Morgan fingerprint density at radius 1 is 1.28 bits per heavy atom. The van der Waals surface area contributed by atoms with Gasteiger partial charge in [-0.15, -0.1) is 0 Å². The van der Waals surface area contributed by atoms with Gasteiger partial charge in [0.25, 0.3) is 5.69 Å². The van der Waals surface area contributed by atoms with Gasteiger partial charge in [-0.1, -0.05) is 11.6 Å². The summed E-state index contributed by atoms with van der Waals surface area (Å²) >= 11 is 5.35. The molecule has 18 heavy (non-hydrogen) atoms. The summed E-state index contributed by atoms with van der Waals surface area (Å²) in [4.78, 5) is 9.44. The summed E-state index contributed by atoms with van der Waals surface area (Å²) in [7, 11) is 0. The average molecular weight is 288 g/mol. The highest BCUT2D eigenvalue weighted by atomic mass is 35.5. The number of nitro groups is 1. The van der Waals surface area contributed by atoms with Crippen LogP contribution in [0, 0.1) is 10.1 Å². The maximum atomic E-state index is 13.1. The second-order valence-electron chi connectivity index (χ2n) is 3.05. The molecule has 0 spiro atoms. The van der Waals surface area contributed by atoms with E-state index in [0.717, 1.165) is 0 Å². The van der Waals surface area contributed by atoms with Gasteiger partial charge in [-0.3, -0.25) is 10.1 Å². The molecule has 0 N–H and O–H groups in total. The number of benzene rings is 1. The minimum absolute atomic E-state index is 0.552. The summed E-state index contributed by atoms with van der Waals surface area (Å²) in [5, 5.41) is 9.62. The monoisotopic (exact) mass is 287 g/mol. The quantitative estimate of drug-likeness (QED) is 0.459. The number of halogens is 6. The molecule has 0 saturated heterocycles. The van der Waals surface area contributed by atoms with Gasteiger partial charge in [0.1, 0.15) is 0 Å². The van der Waals surface area contributed by atoms with Crippen LogP contribution in [0.3, 0.4) is 0 Å². The van der Waals surface area contributed by atoms with E-state index in [1.807, 2.05) is 0 Å². The normalized spacial score (nSPS) is 13.2. The van der Waals surface area contributed by atoms with Crippen LogP contribution in [0.5, 0.6) is 0 Å². The van der Waals surface area contributed by atoms with Gasteiger partial charge in [0.05, 0.1) is 9.95 Å². The Bertz CT molecular complexity index is 526. The number of hydrogen-bond donors (Lipinski definition) is 0. The van der Waals surface area contributed by atoms with Crippen molar-refractivity contribution in [2.75, 3.05) is 0 Å². The third kappa shape index (κ3) is 2.95. The Morgan fingerprint density at radius 3 is 2.22 bits per heavy atom. The standard InChI is InChI=1S/C9H3ClF5NO2/c10-6-3-4(16(17)18)1-2-5(6)7(11)8(12)9(13,14)15/h1-3H. The van der Waals surface area contributed by atoms with Gasteiger partial charge in [-0.05, 0) is 6.07 Å². The number of rotatable bonds is 2. The smallest absolute Gasteiger partial charge is 0.258 e. The molecule has 0 heterocycles. The van der Waals surface area contributed by atoms with Crippen LogP contribution in [0.1, 0.15) is 5.56 Å². The highest BCUT2D eigenvalue weighted by Crippen LogP contribution is 2.37. The molecule has 0 amide bonds. The van der Waals surface area contributed by atoms with Crippen molar-refractivity contribution in [1.82, 2.24) is 0 Å². The number of allylic oxidation sites excluding steroid dienone is 1. The van der Waals surface area contributed by atoms with Crippen molar-refractivity contribution in [2.24, 2.45) is 0 Å². The summed E-state index contributed by atoms with van der Waals surface area (Å²) in [5.41, 5.74) is -1.46. The third-order valence-corrected chi connectivity index (χ3v) is 2.15. The molecule has 3 nitrogen and oxygen atoms in total. The van der Waals surface area contributed by atoms with E-state index < -0.39 is 39.0 Å². The number of non-ortho nitro benzene ring substituents is 1. The van der Waals surface area contributed by atoms with Crippen molar-refractivity contribution in [3.63, 3.8) is 0 Å². The Morgan fingerprint density at radius 2 is 1.83 bits per heavy atom. The highest BCUT2D eigenvalue weighted by molar-refractivity contribution is 6.32. The predicted molar refractivity (Wildman–Crippen MR) is 53.3 cm³/mol. The van der Waals surface area contributed by atoms with Gasteiger partial charge in [-0.25, -0.2) is 4.39 Å². The van der Waals surface area contributed by atoms with Crippen molar-refractivity contribution >= 4 is 23.1 Å². The molecule has 0 bridgehead atoms. The van der Waals surface area contributed by atoms with Gasteiger partial charge >= 0.3 is 6.18 Å². The lowest BCUT2D eigenvalue weighted by molar-refractivity contribution is -0.384. The molecule has 98 valence electrons. The Hall–Kier alpha value is -1.70. The van der Waals surface area contributed by atoms with Crippen LogP contribution in [0.4, 0.5) is 27.6 Å². The van der Waals surface area contributed by atoms with E-state index in [9.17, 15) is 32.1 Å². The van der Waals surface area contributed by atoms with E-state index in [-0.39, 0.29) is 0 Å². The first-order valence-corrected chi connectivity index (χ1v) is 4.59. The van der Waals surface area contributed by atoms with E-state index >= 15 is 0 Å². The first-order valence-electron chi connectivity index (χ1n) is 4.21. The number of alkyl halides is 3. The molecular weight excluding hydrogens is 285 g/mol. The zero-order valence-electron chi connectivity index (χ0n) is 8.26. The zero-order chi connectivity index (χ0) is 14.1. The fourth-order valence-corrected chi connectivity index (χ4v) is 1.30. The fraction of sp³-hybridized carbons (Fsp3) is 0.111. The van der Waals surface area contributed by atoms with Crippen LogP contribution in [-0.2, 0) is 0 Å². The summed E-state index contributed by atoms with van der Waals surface area (Å²) < 4.78 is 61.5. The van der Waals surface area contributed by atoms with Crippen LogP contribution in [0.25, 0.3) is 5.83 Å². The topological polar surface area (TPSA) is 43.1 Å². The second-order valence-corrected chi connectivity index (χ2v) is 3.45. The summed E-state index contributed by atoms with van der Waals surface area (Å²) in [6, 6.07) is 1.94. The van der Waals surface area contributed by atoms with E-state index in [0.29, 0.717) is 18.2 Å². The van der Waals surface area contributed by atoms with Crippen LogP contribution in [0.15, 0.2) is 24.0 Å². The molecule has 0 radical (unpaired) electrons. The molecule has 0 saturated carbocycles. The zero-order valence-corrected chi connectivity index (χ0v) is 9.02. The summed E-state index contributed by atoms with van der Waals surface area (Å²) in [5.74, 6) is -5.17. The van der Waals surface area contributed by atoms with Crippen molar-refractivity contribution in [3.05, 3.63) is 44.7 Å². The minimum atomic E-state index is -5.49. The lowest BCUT2D eigenvalue weighted by Gasteiger charge is -2.06. The molecule has 0 aliphatic carbocycles. The summed E-state index contributed by atoms with van der Waals surface area (Å²) in [6.07, 6.45) is -5.49. The van der Waals surface area contributed by atoms with E-state index in [4.69, 9.17) is 11.6 Å². The molecule has 0 aromatic heterocycles. The van der Waals surface area contributed by atoms with E-state index in [1.54, 1.807) is 0 Å². The second kappa shape index (κ2) is 4.89. The van der Waals surface area contributed by atoms with Crippen molar-refractivity contribution in [2.45, 2.75) is 6.18 Å². The molecule has 9 heteroatoms. The van der Waals surface area contributed by atoms with Crippen molar-refractivity contribution in [1.29, 1.82) is 0 Å². The molecule has 1 rings (SSSR count). The fourth-order valence-electron chi connectivity index (χ4n) is 1.04. The number of nitro benzene ring substituents is 1. The average Bonchev–Trinajstić information content (AvgIpc) is 2.25. The molecule has 1 aromatic carbocycles. The lowest BCUT2D eigenvalue weighted by Crippen LogP contribution is -2.09. The number of nitrogens with zero attached hydrogens (tertiary/aromatic N) is 1. The van der Waals surface area contributed by atoms with Crippen molar-refractivity contribution < 1.29 is 26.9 Å². The van der Waals surface area contributed by atoms with Gasteiger partial charge in [0, 0.05) is 17.7 Å². The number of hydrogen-bond acceptors (Lipinski definition) is 2. The molecular formula is C9H3ClF5NO2. The first-order chi connectivity index (χ1) is 8.14. The highest BCUT2D eigenvalue weighted by Gasteiger charge is 2.39. The van der Waals surface area contributed by atoms with Gasteiger partial charge in [-0.2, -0.15) is 17.6 Å². The maximum absolute atomic E-state index is 13.1. The molecule has 0 aliphatic heterocycles. The Balaban J connectivity index is 3.32. The maximum Gasteiger partial charge on any atom is 0.445 e. The van der Waals surface area contributed by atoms with Gasteiger partial charge in [0.2, 0.25) is 5.83 Å². The van der Waals surface area contributed by atoms with Crippen molar-refractivity contribution in [3.8, 4) is 0 Å². The van der Waals surface area contributed by atoms with Gasteiger partial charge in [0.15, 0.2) is 5.83 Å². The molecule has 0 fully saturated rings. The summed E-state index contributed by atoms with van der Waals surface area (Å²) in [6.45, 7) is 0. The Kier molecular flexibility index (Phi) is 3.90. The van der Waals surface area contributed by atoms with Crippen LogP contribution < -0.4 is 0 Å². The van der Waals surface area contributed by atoms with E-state index in [1.165, 1.54) is 0 Å². The van der Waals surface area contributed by atoms with Crippen LogP contribution in [0.2, 0.25) is 5.02 Å². The minimum Gasteiger partial charge on any atom is -0.258 e. The largest absolute Gasteiger partial charge is 0.445 e.